The zero-order valence-corrected chi connectivity index (χ0v) is 12.2. The van der Waals surface area contributed by atoms with Crippen molar-refractivity contribution in [3.8, 4) is 0 Å². The molecule has 0 bridgehead atoms. The van der Waals surface area contributed by atoms with Crippen molar-refractivity contribution in [3.05, 3.63) is 16.1 Å². The summed E-state index contributed by atoms with van der Waals surface area (Å²) in [5, 5.41) is 3.29. The van der Waals surface area contributed by atoms with E-state index in [4.69, 9.17) is 15.6 Å². The maximum absolute atomic E-state index is 5.69. The Bertz CT molecular complexity index is 380. The molecule has 102 valence electrons. The molecule has 2 unspecified atom stereocenters. The fourth-order valence-electron chi connectivity index (χ4n) is 2.15. The minimum atomic E-state index is 0.115. The second-order valence-corrected chi connectivity index (χ2v) is 6.85. The summed E-state index contributed by atoms with van der Waals surface area (Å²) in [5.74, 6) is 5.64. The number of hydrazine groups is 1. The van der Waals surface area contributed by atoms with Crippen molar-refractivity contribution in [2.75, 3.05) is 6.61 Å². The number of rotatable bonds is 4. The summed E-state index contributed by atoms with van der Waals surface area (Å²) < 4.78 is 5.69. The molecule has 1 saturated heterocycles. The second-order valence-electron chi connectivity index (χ2n) is 5.91. The number of nitrogens with two attached hydrogens (primary N) is 1. The standard InChI is InChI=1S/C13H23N3OS/c1-13(2,3)11-8-18-12(15-11)7-9(16-14)10-5-4-6-17-10/h8-10,16H,4-7,14H2,1-3H3. The average Bonchev–Trinajstić information content (AvgIpc) is 2.95. The van der Waals surface area contributed by atoms with E-state index in [1.165, 1.54) is 0 Å². The average molecular weight is 269 g/mol. The number of aromatic nitrogens is 1. The van der Waals surface area contributed by atoms with Crippen molar-refractivity contribution in [2.24, 2.45) is 5.84 Å². The van der Waals surface area contributed by atoms with Gasteiger partial charge in [-0.15, -0.1) is 11.3 Å². The van der Waals surface area contributed by atoms with Crippen LogP contribution in [0.5, 0.6) is 0 Å². The number of hydrogen-bond acceptors (Lipinski definition) is 5. The molecule has 1 aliphatic rings. The van der Waals surface area contributed by atoms with Gasteiger partial charge in [0.05, 0.1) is 22.8 Å². The third-order valence-electron chi connectivity index (χ3n) is 3.34. The molecule has 5 heteroatoms. The smallest absolute Gasteiger partial charge is 0.0945 e. The topological polar surface area (TPSA) is 60.2 Å². The van der Waals surface area contributed by atoms with Gasteiger partial charge in [-0.1, -0.05) is 20.8 Å². The van der Waals surface area contributed by atoms with Crippen molar-refractivity contribution in [3.63, 3.8) is 0 Å². The summed E-state index contributed by atoms with van der Waals surface area (Å²) in [4.78, 5) is 4.71. The van der Waals surface area contributed by atoms with E-state index >= 15 is 0 Å². The van der Waals surface area contributed by atoms with Crippen molar-refractivity contribution < 1.29 is 4.74 Å². The van der Waals surface area contributed by atoms with Crippen molar-refractivity contribution in [2.45, 2.75) is 57.6 Å². The number of thiazole rings is 1. The van der Waals surface area contributed by atoms with Gasteiger partial charge in [0.15, 0.2) is 0 Å². The first kappa shape index (κ1) is 13.9. The third-order valence-corrected chi connectivity index (χ3v) is 4.21. The molecule has 2 heterocycles. The zero-order chi connectivity index (χ0) is 13.2. The lowest BCUT2D eigenvalue weighted by Gasteiger charge is -2.21. The van der Waals surface area contributed by atoms with Crippen LogP contribution in [0.15, 0.2) is 5.38 Å². The van der Waals surface area contributed by atoms with Gasteiger partial charge in [-0.2, -0.15) is 0 Å². The van der Waals surface area contributed by atoms with Gasteiger partial charge in [-0.25, -0.2) is 4.98 Å². The van der Waals surface area contributed by atoms with Crippen molar-refractivity contribution in [1.82, 2.24) is 10.4 Å². The SMILES string of the molecule is CC(C)(C)c1csc(CC(NN)C2CCCO2)n1. The van der Waals surface area contributed by atoms with Crippen LogP contribution in [0.3, 0.4) is 0 Å². The second kappa shape index (κ2) is 5.65. The van der Waals surface area contributed by atoms with Crippen LogP contribution in [-0.4, -0.2) is 23.7 Å². The Morgan fingerprint density at radius 3 is 2.89 bits per heavy atom. The Morgan fingerprint density at radius 2 is 2.39 bits per heavy atom. The van der Waals surface area contributed by atoms with Gasteiger partial charge in [-0.3, -0.25) is 11.3 Å². The highest BCUT2D eigenvalue weighted by atomic mass is 32.1. The fraction of sp³-hybridized carbons (Fsp3) is 0.769. The molecule has 2 atom stereocenters. The van der Waals surface area contributed by atoms with Gasteiger partial charge >= 0.3 is 0 Å². The van der Waals surface area contributed by atoms with Crippen LogP contribution < -0.4 is 11.3 Å². The van der Waals surface area contributed by atoms with Crippen LogP contribution in [0.25, 0.3) is 0 Å². The molecule has 0 aliphatic carbocycles. The summed E-state index contributed by atoms with van der Waals surface area (Å²) in [6, 6.07) is 0.173. The van der Waals surface area contributed by atoms with Crippen molar-refractivity contribution >= 4 is 11.3 Å². The van der Waals surface area contributed by atoms with E-state index in [9.17, 15) is 0 Å². The highest BCUT2D eigenvalue weighted by Gasteiger charge is 2.26. The number of ether oxygens (including phenoxy) is 1. The van der Waals surface area contributed by atoms with Crippen LogP contribution in [0.2, 0.25) is 0 Å². The predicted molar refractivity (Wildman–Crippen MR) is 74.6 cm³/mol. The Balaban J connectivity index is 2.01. The van der Waals surface area contributed by atoms with E-state index < -0.39 is 0 Å². The van der Waals surface area contributed by atoms with Crippen LogP contribution in [0.4, 0.5) is 0 Å². The summed E-state index contributed by atoms with van der Waals surface area (Å²) in [5.41, 5.74) is 4.16. The van der Waals surface area contributed by atoms with Crippen LogP contribution in [-0.2, 0) is 16.6 Å². The molecule has 1 aromatic heterocycles. The third kappa shape index (κ3) is 3.29. The normalized spacial score (nSPS) is 22.3. The van der Waals surface area contributed by atoms with Crippen LogP contribution in [0, 0.1) is 0 Å². The Morgan fingerprint density at radius 1 is 1.61 bits per heavy atom. The summed E-state index contributed by atoms with van der Waals surface area (Å²) in [6.07, 6.45) is 3.30. The molecule has 0 radical (unpaired) electrons. The van der Waals surface area contributed by atoms with Crippen molar-refractivity contribution in [1.29, 1.82) is 0 Å². The molecule has 2 rings (SSSR count). The van der Waals surface area contributed by atoms with Gasteiger partial charge in [0.25, 0.3) is 0 Å². The molecule has 0 aromatic carbocycles. The van der Waals surface area contributed by atoms with E-state index in [0.29, 0.717) is 0 Å². The first-order valence-corrected chi connectivity index (χ1v) is 7.41. The monoisotopic (exact) mass is 269 g/mol. The number of hydrogen-bond donors (Lipinski definition) is 2. The highest BCUT2D eigenvalue weighted by Crippen LogP contribution is 2.25. The minimum Gasteiger partial charge on any atom is -0.377 e. The quantitative estimate of drug-likeness (QED) is 0.648. The molecule has 1 aromatic rings. The molecular weight excluding hydrogens is 246 g/mol. The highest BCUT2D eigenvalue weighted by molar-refractivity contribution is 7.09. The lowest BCUT2D eigenvalue weighted by atomic mass is 9.93. The largest absolute Gasteiger partial charge is 0.377 e. The maximum Gasteiger partial charge on any atom is 0.0945 e. The van der Waals surface area contributed by atoms with Gasteiger partial charge in [0.1, 0.15) is 0 Å². The number of nitrogens with zero attached hydrogens (tertiary/aromatic N) is 1. The lowest BCUT2D eigenvalue weighted by Crippen LogP contribution is -2.45. The Hall–Kier alpha value is -0.490. The van der Waals surface area contributed by atoms with Gasteiger partial charge in [-0.05, 0) is 12.8 Å². The Kier molecular flexibility index (Phi) is 4.37. The molecule has 0 spiro atoms. The van der Waals surface area contributed by atoms with E-state index in [2.05, 4.69) is 31.6 Å². The minimum absolute atomic E-state index is 0.115. The van der Waals surface area contributed by atoms with Gasteiger partial charge < -0.3 is 4.74 Å². The molecule has 1 aliphatic heterocycles. The van der Waals surface area contributed by atoms with Crippen LogP contribution in [0.1, 0.15) is 44.3 Å². The zero-order valence-electron chi connectivity index (χ0n) is 11.4. The van der Waals surface area contributed by atoms with E-state index in [-0.39, 0.29) is 17.6 Å². The van der Waals surface area contributed by atoms with E-state index in [1.54, 1.807) is 11.3 Å². The molecular formula is C13H23N3OS. The van der Waals surface area contributed by atoms with Gasteiger partial charge in [0, 0.05) is 23.8 Å². The first-order valence-electron chi connectivity index (χ1n) is 6.53. The molecule has 4 nitrogen and oxygen atoms in total. The molecule has 18 heavy (non-hydrogen) atoms. The molecule has 3 N–H and O–H groups in total. The number of nitrogens with one attached hydrogen (secondary N) is 1. The Labute approximate surface area is 113 Å². The summed E-state index contributed by atoms with van der Waals surface area (Å²) >= 11 is 1.72. The first-order chi connectivity index (χ1) is 8.50. The summed E-state index contributed by atoms with van der Waals surface area (Å²) in [7, 11) is 0. The maximum atomic E-state index is 5.69. The van der Waals surface area contributed by atoms with Gasteiger partial charge in [0.2, 0.25) is 0 Å². The van der Waals surface area contributed by atoms with Crippen LogP contribution >= 0.6 is 11.3 Å². The molecule has 0 saturated carbocycles. The molecule has 0 amide bonds. The predicted octanol–water partition coefficient (Wildman–Crippen LogP) is 1.99. The van der Waals surface area contributed by atoms with E-state index in [0.717, 1.165) is 36.6 Å². The van der Waals surface area contributed by atoms with E-state index in [1.807, 2.05) is 0 Å². The lowest BCUT2D eigenvalue weighted by molar-refractivity contribution is 0.0784. The summed E-state index contributed by atoms with van der Waals surface area (Å²) in [6.45, 7) is 7.41. The fourth-order valence-corrected chi connectivity index (χ4v) is 3.24. The molecule has 1 fully saturated rings.